The predicted molar refractivity (Wildman–Crippen MR) is 67.9 cm³/mol. The molecule has 7 heteroatoms. The molecule has 0 aliphatic heterocycles. The number of hydrogen-bond donors (Lipinski definition) is 1. The van der Waals surface area contributed by atoms with E-state index >= 15 is 0 Å². The van der Waals surface area contributed by atoms with Gasteiger partial charge in [-0.3, -0.25) is 0 Å². The molecule has 1 N–H and O–H groups in total. The molecule has 0 amide bonds. The summed E-state index contributed by atoms with van der Waals surface area (Å²) in [5.41, 5.74) is 0.848. The first-order chi connectivity index (χ1) is 8.81. The Balaban J connectivity index is 2.68. The normalized spacial score (nSPS) is 11.9. The topological polar surface area (TPSA) is 41.1 Å². The van der Waals surface area contributed by atoms with Gasteiger partial charge in [0.05, 0.1) is 0 Å². The Hall–Kier alpha value is -1.37. The number of nitrogens with one attached hydrogen (secondary N) is 1. The fraction of sp³-hybridized carbons (Fsp3) is 0.667. The minimum atomic E-state index is -4.25. The smallest absolute Gasteiger partial charge is 0.332 e. The number of nitrogens with zero attached hydrogens (tertiary/aromatic N) is 3. The van der Waals surface area contributed by atoms with Gasteiger partial charge in [0.15, 0.2) is 0 Å². The number of rotatable bonds is 6. The van der Waals surface area contributed by atoms with Gasteiger partial charge >= 0.3 is 6.18 Å². The fourth-order valence-corrected chi connectivity index (χ4v) is 1.46. The minimum absolute atomic E-state index is 0.105. The highest BCUT2D eigenvalue weighted by Crippen LogP contribution is 2.19. The van der Waals surface area contributed by atoms with Crippen LogP contribution in [-0.4, -0.2) is 35.3 Å². The van der Waals surface area contributed by atoms with Crippen LogP contribution < -0.4 is 10.2 Å². The molecule has 0 saturated carbocycles. The Morgan fingerprint density at radius 2 is 1.84 bits per heavy atom. The molecule has 1 rings (SSSR count). The molecule has 0 unspecified atom stereocenters. The number of alkyl halides is 3. The molecule has 0 saturated heterocycles. The Bertz CT molecular complexity index is 376. The highest BCUT2D eigenvalue weighted by molar-refractivity contribution is 5.29. The summed E-state index contributed by atoms with van der Waals surface area (Å²) in [4.78, 5) is 9.07. The van der Waals surface area contributed by atoms with Crippen molar-refractivity contribution in [2.45, 2.75) is 39.5 Å². The monoisotopic (exact) mass is 276 g/mol. The molecule has 1 aromatic rings. The molecule has 0 aliphatic rings. The van der Waals surface area contributed by atoms with Crippen molar-refractivity contribution in [1.82, 2.24) is 15.3 Å². The average molecular weight is 276 g/mol. The highest BCUT2D eigenvalue weighted by atomic mass is 19.4. The Labute approximate surface area is 111 Å². The van der Waals surface area contributed by atoms with E-state index in [0.29, 0.717) is 12.6 Å². The summed E-state index contributed by atoms with van der Waals surface area (Å²) in [6.45, 7) is 5.44. The summed E-state index contributed by atoms with van der Waals surface area (Å²) >= 11 is 0. The summed E-state index contributed by atoms with van der Waals surface area (Å²) in [7, 11) is 0. The molecular formula is C12H19F3N4. The van der Waals surface area contributed by atoms with E-state index in [1.807, 2.05) is 13.8 Å². The lowest BCUT2D eigenvalue weighted by atomic mass is 10.3. The Morgan fingerprint density at radius 3 is 2.26 bits per heavy atom. The molecule has 0 spiro atoms. The number of anilines is 1. The van der Waals surface area contributed by atoms with E-state index in [1.54, 1.807) is 19.3 Å². The lowest BCUT2D eigenvalue weighted by molar-refractivity contribution is -0.119. The maximum atomic E-state index is 12.4. The van der Waals surface area contributed by atoms with Crippen molar-refractivity contribution in [3.63, 3.8) is 0 Å². The van der Waals surface area contributed by atoms with Crippen LogP contribution in [0.25, 0.3) is 0 Å². The van der Waals surface area contributed by atoms with Gasteiger partial charge in [-0.1, -0.05) is 13.8 Å². The summed E-state index contributed by atoms with van der Waals surface area (Å²) in [5.74, 6) is 0.105. The number of halogens is 3. The zero-order chi connectivity index (χ0) is 14.5. The molecule has 1 heterocycles. The van der Waals surface area contributed by atoms with Crippen LogP contribution in [0.15, 0.2) is 12.4 Å². The van der Waals surface area contributed by atoms with E-state index in [4.69, 9.17) is 0 Å². The van der Waals surface area contributed by atoms with E-state index in [1.165, 1.54) is 0 Å². The molecule has 108 valence electrons. The van der Waals surface area contributed by atoms with Gasteiger partial charge in [0.1, 0.15) is 6.54 Å². The molecule has 0 atom stereocenters. The first kappa shape index (κ1) is 15.7. The molecule has 0 fully saturated rings. The maximum Gasteiger partial charge on any atom is 0.406 e. The third kappa shape index (κ3) is 5.87. The molecule has 4 nitrogen and oxygen atoms in total. The van der Waals surface area contributed by atoms with Crippen molar-refractivity contribution >= 4 is 5.95 Å². The van der Waals surface area contributed by atoms with Gasteiger partial charge in [-0.25, -0.2) is 9.97 Å². The second-order valence-corrected chi connectivity index (χ2v) is 4.56. The minimum Gasteiger partial charge on any atom is -0.332 e. The standard InChI is InChI=1S/C12H19F3N4/c1-4-19(8-12(13,14)15)11-17-6-10(7-18-11)5-16-9(2)3/h6-7,9,16H,4-5,8H2,1-3H3. The summed E-state index contributed by atoms with van der Waals surface area (Å²) in [6.07, 6.45) is -1.15. The van der Waals surface area contributed by atoms with Crippen molar-refractivity contribution in [1.29, 1.82) is 0 Å². The zero-order valence-electron chi connectivity index (χ0n) is 11.3. The van der Waals surface area contributed by atoms with Crippen LogP contribution in [0.3, 0.4) is 0 Å². The van der Waals surface area contributed by atoms with E-state index < -0.39 is 12.7 Å². The summed E-state index contributed by atoms with van der Waals surface area (Å²) in [5, 5.41) is 3.19. The van der Waals surface area contributed by atoms with Crippen LogP contribution in [0, 0.1) is 0 Å². The molecule has 1 aromatic heterocycles. The molecule has 0 aliphatic carbocycles. The third-order valence-electron chi connectivity index (χ3n) is 2.44. The van der Waals surface area contributed by atoms with Gasteiger partial charge in [-0.05, 0) is 6.92 Å². The third-order valence-corrected chi connectivity index (χ3v) is 2.44. The number of hydrogen-bond acceptors (Lipinski definition) is 4. The van der Waals surface area contributed by atoms with Crippen molar-refractivity contribution in [2.24, 2.45) is 0 Å². The Kier molecular flexibility index (Phi) is 5.53. The van der Waals surface area contributed by atoms with Gasteiger partial charge in [-0.15, -0.1) is 0 Å². The molecule has 0 bridgehead atoms. The van der Waals surface area contributed by atoms with Crippen LogP contribution in [0.5, 0.6) is 0 Å². The molecule has 19 heavy (non-hydrogen) atoms. The van der Waals surface area contributed by atoms with Crippen molar-refractivity contribution < 1.29 is 13.2 Å². The summed E-state index contributed by atoms with van der Waals surface area (Å²) < 4.78 is 37.1. The first-order valence-corrected chi connectivity index (χ1v) is 6.18. The lowest BCUT2D eigenvalue weighted by Gasteiger charge is -2.22. The van der Waals surface area contributed by atoms with Crippen LogP contribution in [0.4, 0.5) is 19.1 Å². The van der Waals surface area contributed by atoms with Gasteiger partial charge < -0.3 is 10.2 Å². The molecular weight excluding hydrogens is 257 g/mol. The van der Waals surface area contributed by atoms with Crippen LogP contribution in [0.2, 0.25) is 0 Å². The van der Waals surface area contributed by atoms with Crippen molar-refractivity contribution in [3.05, 3.63) is 18.0 Å². The van der Waals surface area contributed by atoms with E-state index in [9.17, 15) is 13.2 Å². The molecule has 0 aromatic carbocycles. The van der Waals surface area contributed by atoms with Gasteiger partial charge in [0, 0.05) is 37.1 Å². The maximum absolute atomic E-state index is 12.4. The largest absolute Gasteiger partial charge is 0.406 e. The zero-order valence-corrected chi connectivity index (χ0v) is 11.3. The predicted octanol–water partition coefficient (Wildman–Crippen LogP) is 2.36. The first-order valence-electron chi connectivity index (χ1n) is 6.18. The lowest BCUT2D eigenvalue weighted by Crippen LogP contribution is -2.35. The quantitative estimate of drug-likeness (QED) is 0.866. The van der Waals surface area contributed by atoms with E-state index in [-0.39, 0.29) is 12.5 Å². The van der Waals surface area contributed by atoms with Gasteiger partial charge in [-0.2, -0.15) is 13.2 Å². The van der Waals surface area contributed by atoms with Crippen LogP contribution in [0.1, 0.15) is 26.3 Å². The van der Waals surface area contributed by atoms with Crippen molar-refractivity contribution in [2.75, 3.05) is 18.0 Å². The second kappa shape index (κ2) is 6.70. The Morgan fingerprint density at radius 1 is 1.26 bits per heavy atom. The van der Waals surface area contributed by atoms with E-state index in [2.05, 4.69) is 15.3 Å². The highest BCUT2D eigenvalue weighted by Gasteiger charge is 2.31. The fourth-order valence-electron chi connectivity index (χ4n) is 1.46. The van der Waals surface area contributed by atoms with Crippen LogP contribution in [-0.2, 0) is 6.54 Å². The van der Waals surface area contributed by atoms with Gasteiger partial charge in [0.25, 0.3) is 0 Å². The van der Waals surface area contributed by atoms with Crippen LogP contribution >= 0.6 is 0 Å². The number of aromatic nitrogens is 2. The second-order valence-electron chi connectivity index (χ2n) is 4.56. The van der Waals surface area contributed by atoms with Crippen molar-refractivity contribution in [3.8, 4) is 0 Å². The SMILES string of the molecule is CCN(CC(F)(F)F)c1ncc(CNC(C)C)cn1. The average Bonchev–Trinajstić information content (AvgIpc) is 2.33. The van der Waals surface area contributed by atoms with Gasteiger partial charge in [0.2, 0.25) is 5.95 Å². The molecule has 0 radical (unpaired) electrons. The van der Waals surface area contributed by atoms with E-state index in [0.717, 1.165) is 10.5 Å². The summed E-state index contributed by atoms with van der Waals surface area (Å²) in [6, 6.07) is 0.331.